The summed E-state index contributed by atoms with van der Waals surface area (Å²) in [4.78, 5) is 36.4. The maximum absolute atomic E-state index is 12.4. The monoisotopic (exact) mass is 289 g/mol. The molecule has 1 saturated heterocycles. The average Bonchev–Trinajstić information content (AvgIpc) is 3.12. The predicted octanol–water partition coefficient (Wildman–Crippen LogP) is 0.112. The Morgan fingerprint density at radius 2 is 2.10 bits per heavy atom. The zero-order valence-corrected chi connectivity index (χ0v) is 11.5. The SMILES string of the molecule is Cn1ccnc1-c1nc(C(=O)N2CCCC2)c(O)c(=O)[nH]1. The Kier molecular flexibility index (Phi) is 3.20. The van der Waals surface area contributed by atoms with Crippen LogP contribution in [0.2, 0.25) is 0 Å². The summed E-state index contributed by atoms with van der Waals surface area (Å²) in [5, 5.41) is 9.84. The summed E-state index contributed by atoms with van der Waals surface area (Å²) in [7, 11) is 1.75. The zero-order valence-electron chi connectivity index (χ0n) is 11.5. The van der Waals surface area contributed by atoms with Crippen molar-refractivity contribution in [2.45, 2.75) is 12.8 Å². The molecule has 3 heterocycles. The second-order valence-electron chi connectivity index (χ2n) is 4.97. The van der Waals surface area contributed by atoms with Crippen LogP contribution in [-0.2, 0) is 7.05 Å². The molecule has 2 aromatic heterocycles. The second-order valence-corrected chi connectivity index (χ2v) is 4.97. The molecule has 1 aliphatic rings. The van der Waals surface area contributed by atoms with Crippen LogP contribution in [-0.4, -0.2) is 48.5 Å². The van der Waals surface area contributed by atoms with E-state index in [1.807, 2.05) is 0 Å². The summed E-state index contributed by atoms with van der Waals surface area (Å²) in [5.74, 6) is -0.494. The minimum absolute atomic E-state index is 0.160. The van der Waals surface area contributed by atoms with Crippen LogP contribution in [0.1, 0.15) is 23.3 Å². The van der Waals surface area contributed by atoms with E-state index in [2.05, 4.69) is 15.0 Å². The van der Waals surface area contributed by atoms with Gasteiger partial charge in [-0.15, -0.1) is 0 Å². The number of imidazole rings is 1. The van der Waals surface area contributed by atoms with Crippen LogP contribution >= 0.6 is 0 Å². The lowest BCUT2D eigenvalue weighted by molar-refractivity contribution is 0.0783. The van der Waals surface area contributed by atoms with Crippen molar-refractivity contribution >= 4 is 5.91 Å². The molecule has 8 nitrogen and oxygen atoms in total. The van der Waals surface area contributed by atoms with Gasteiger partial charge in [0.15, 0.2) is 17.3 Å². The van der Waals surface area contributed by atoms with Gasteiger partial charge >= 0.3 is 0 Å². The quantitative estimate of drug-likeness (QED) is 0.816. The maximum atomic E-state index is 12.4. The van der Waals surface area contributed by atoms with Gasteiger partial charge in [0.25, 0.3) is 11.5 Å². The number of likely N-dealkylation sites (tertiary alicyclic amines) is 1. The number of amides is 1. The third-order valence-corrected chi connectivity index (χ3v) is 3.52. The first-order chi connectivity index (χ1) is 10.1. The van der Waals surface area contributed by atoms with Crippen LogP contribution in [0.4, 0.5) is 0 Å². The lowest BCUT2D eigenvalue weighted by Gasteiger charge is -2.15. The smallest absolute Gasteiger partial charge is 0.294 e. The molecule has 1 aliphatic heterocycles. The molecule has 1 fully saturated rings. The third-order valence-electron chi connectivity index (χ3n) is 3.52. The molecule has 0 spiro atoms. The zero-order chi connectivity index (χ0) is 15.0. The standard InChI is InChI=1S/C13H15N5O3/c1-17-7-4-14-11(17)10-15-8(9(19)12(20)16-10)13(21)18-5-2-3-6-18/h4,7,19H,2-3,5-6H2,1H3,(H,15,16,20). The average molecular weight is 289 g/mol. The van der Waals surface area contributed by atoms with Gasteiger partial charge in [0.05, 0.1) is 0 Å². The van der Waals surface area contributed by atoms with Crippen molar-refractivity contribution in [1.29, 1.82) is 0 Å². The highest BCUT2D eigenvalue weighted by molar-refractivity contribution is 5.95. The molecule has 0 bridgehead atoms. The van der Waals surface area contributed by atoms with Gasteiger partial charge in [0.1, 0.15) is 0 Å². The largest absolute Gasteiger partial charge is 0.501 e. The number of hydrogen-bond donors (Lipinski definition) is 2. The molecule has 2 aromatic rings. The molecular weight excluding hydrogens is 274 g/mol. The molecule has 2 N–H and O–H groups in total. The van der Waals surface area contributed by atoms with Crippen molar-refractivity contribution in [2.75, 3.05) is 13.1 Å². The molecule has 0 aliphatic carbocycles. The second kappa shape index (κ2) is 5.04. The van der Waals surface area contributed by atoms with Crippen LogP contribution in [0.3, 0.4) is 0 Å². The fourth-order valence-corrected chi connectivity index (χ4v) is 2.39. The normalized spacial score (nSPS) is 14.6. The van der Waals surface area contributed by atoms with E-state index in [1.54, 1.807) is 28.9 Å². The first kappa shape index (κ1) is 13.3. The van der Waals surface area contributed by atoms with E-state index in [9.17, 15) is 14.7 Å². The van der Waals surface area contributed by atoms with E-state index in [0.717, 1.165) is 12.8 Å². The highest BCUT2D eigenvalue weighted by Gasteiger charge is 2.26. The number of carbonyl (C=O) groups is 1. The van der Waals surface area contributed by atoms with E-state index >= 15 is 0 Å². The Bertz CT molecular complexity index is 743. The van der Waals surface area contributed by atoms with E-state index in [1.165, 1.54) is 0 Å². The predicted molar refractivity (Wildman–Crippen MR) is 73.9 cm³/mol. The summed E-state index contributed by atoms with van der Waals surface area (Å²) in [5.41, 5.74) is -0.968. The Morgan fingerprint density at radius 1 is 1.38 bits per heavy atom. The number of aromatic hydroxyl groups is 1. The van der Waals surface area contributed by atoms with E-state index in [0.29, 0.717) is 18.9 Å². The summed E-state index contributed by atoms with van der Waals surface area (Å²) >= 11 is 0. The van der Waals surface area contributed by atoms with Crippen LogP contribution < -0.4 is 5.56 Å². The molecule has 0 radical (unpaired) electrons. The summed E-state index contributed by atoms with van der Waals surface area (Å²) in [6.45, 7) is 1.23. The minimum atomic E-state index is -0.745. The lowest BCUT2D eigenvalue weighted by Crippen LogP contribution is -2.30. The molecule has 21 heavy (non-hydrogen) atoms. The summed E-state index contributed by atoms with van der Waals surface area (Å²) < 4.78 is 1.67. The van der Waals surface area contributed by atoms with Crippen LogP contribution in [0.25, 0.3) is 11.6 Å². The van der Waals surface area contributed by atoms with E-state index in [4.69, 9.17) is 0 Å². The van der Waals surface area contributed by atoms with Gasteiger partial charge in [0.2, 0.25) is 5.75 Å². The number of H-pyrrole nitrogens is 1. The molecule has 0 unspecified atom stereocenters. The highest BCUT2D eigenvalue weighted by atomic mass is 16.3. The number of rotatable bonds is 2. The number of aromatic amines is 1. The number of aryl methyl sites for hydroxylation is 1. The van der Waals surface area contributed by atoms with Crippen LogP contribution in [0, 0.1) is 0 Å². The van der Waals surface area contributed by atoms with Gasteiger partial charge in [-0.1, -0.05) is 0 Å². The van der Waals surface area contributed by atoms with Crippen molar-refractivity contribution in [2.24, 2.45) is 7.05 Å². The number of nitrogens with one attached hydrogen (secondary N) is 1. The van der Waals surface area contributed by atoms with Gasteiger partial charge in [-0.2, -0.15) is 0 Å². The van der Waals surface area contributed by atoms with E-state index in [-0.39, 0.29) is 11.5 Å². The van der Waals surface area contributed by atoms with Gasteiger partial charge in [-0.05, 0) is 12.8 Å². The third kappa shape index (κ3) is 2.28. The summed E-state index contributed by atoms with van der Waals surface area (Å²) in [6, 6.07) is 0. The molecule has 8 heteroatoms. The number of hydrogen-bond acceptors (Lipinski definition) is 5. The fraction of sp³-hybridized carbons (Fsp3) is 0.385. The molecular formula is C13H15N5O3. The van der Waals surface area contributed by atoms with Crippen molar-refractivity contribution < 1.29 is 9.90 Å². The lowest BCUT2D eigenvalue weighted by atomic mass is 10.3. The van der Waals surface area contributed by atoms with Crippen molar-refractivity contribution in [1.82, 2.24) is 24.4 Å². The Hall–Kier alpha value is -2.64. The number of nitrogens with zero attached hydrogens (tertiary/aromatic N) is 4. The minimum Gasteiger partial charge on any atom is -0.501 e. The van der Waals surface area contributed by atoms with Crippen LogP contribution in [0.15, 0.2) is 17.2 Å². The van der Waals surface area contributed by atoms with Gasteiger partial charge in [0, 0.05) is 32.5 Å². The van der Waals surface area contributed by atoms with Crippen molar-refractivity contribution in [3.63, 3.8) is 0 Å². The first-order valence-electron chi connectivity index (χ1n) is 6.68. The molecule has 0 atom stereocenters. The number of carbonyl (C=O) groups excluding carboxylic acids is 1. The molecule has 0 saturated carbocycles. The number of aromatic nitrogens is 4. The highest BCUT2D eigenvalue weighted by Crippen LogP contribution is 2.18. The fourth-order valence-electron chi connectivity index (χ4n) is 2.39. The molecule has 3 rings (SSSR count). The van der Waals surface area contributed by atoms with Gasteiger partial charge in [-0.3, -0.25) is 9.59 Å². The molecule has 1 amide bonds. The first-order valence-corrected chi connectivity index (χ1v) is 6.68. The van der Waals surface area contributed by atoms with Gasteiger partial charge < -0.3 is 19.6 Å². The molecule has 0 aromatic carbocycles. The molecule has 110 valence electrons. The van der Waals surface area contributed by atoms with Crippen molar-refractivity contribution in [3.05, 3.63) is 28.4 Å². The Morgan fingerprint density at radius 3 is 2.71 bits per heavy atom. The van der Waals surface area contributed by atoms with E-state index < -0.39 is 17.2 Å². The summed E-state index contributed by atoms with van der Waals surface area (Å²) in [6.07, 6.45) is 5.10. The van der Waals surface area contributed by atoms with Gasteiger partial charge in [-0.25, -0.2) is 9.97 Å². The maximum Gasteiger partial charge on any atom is 0.294 e. The van der Waals surface area contributed by atoms with Crippen molar-refractivity contribution in [3.8, 4) is 17.4 Å². The topological polar surface area (TPSA) is 104 Å². The van der Waals surface area contributed by atoms with Crippen LogP contribution in [0.5, 0.6) is 5.75 Å². The Balaban J connectivity index is 2.08. The Labute approximate surface area is 120 Å².